The molecule has 3 aliphatic rings. The van der Waals surface area contributed by atoms with Gasteiger partial charge in [-0.3, -0.25) is 9.56 Å². The van der Waals surface area contributed by atoms with Crippen molar-refractivity contribution in [3.63, 3.8) is 0 Å². The molecule has 9 heterocycles. The van der Waals surface area contributed by atoms with Gasteiger partial charge in [-0.1, -0.05) is 6.07 Å². The second kappa shape index (κ2) is 12.8. The second-order valence-corrected chi connectivity index (χ2v) is 14.5. The zero-order valence-electron chi connectivity index (χ0n) is 30.7. The normalized spacial score (nSPS) is 17.2. The molecular weight excluding hydrogens is 721 g/mol. The lowest BCUT2D eigenvalue weighted by atomic mass is 9.93. The molecule has 0 bridgehead atoms. The largest absolute Gasteiger partial charge is 0.378 e. The number of aromatic nitrogens is 9. The Balaban J connectivity index is 1.03. The number of aromatic amines is 2. The van der Waals surface area contributed by atoms with Crippen LogP contribution in [0.3, 0.4) is 0 Å². The number of fused-ring (bicyclic) bond motifs is 2. The smallest absolute Gasteiger partial charge is 0.240 e. The minimum atomic E-state index is -0.249. The molecule has 2 fully saturated rings. The molecule has 6 aromatic heterocycles. The van der Waals surface area contributed by atoms with Crippen LogP contribution in [0.15, 0.2) is 90.7 Å². The van der Waals surface area contributed by atoms with Gasteiger partial charge in [0.05, 0.1) is 66.0 Å². The van der Waals surface area contributed by atoms with E-state index in [1.165, 1.54) is 6.33 Å². The minimum absolute atomic E-state index is 0.249. The van der Waals surface area contributed by atoms with Crippen molar-refractivity contribution in [2.75, 3.05) is 73.0 Å². The van der Waals surface area contributed by atoms with Crippen LogP contribution < -0.4 is 20.4 Å². The zero-order valence-corrected chi connectivity index (χ0v) is 30.7. The summed E-state index contributed by atoms with van der Waals surface area (Å²) in [7, 11) is 0. The van der Waals surface area contributed by atoms with Crippen LogP contribution in [0.1, 0.15) is 17.2 Å². The van der Waals surface area contributed by atoms with Gasteiger partial charge < -0.3 is 39.9 Å². The molecule has 12 rings (SSSR count). The first-order chi connectivity index (χ1) is 28.2. The summed E-state index contributed by atoms with van der Waals surface area (Å²) < 4.78 is 15.3. The number of nitrogens with one attached hydrogen (secondary N) is 4. The van der Waals surface area contributed by atoms with Crippen LogP contribution in [0.5, 0.6) is 0 Å². The van der Waals surface area contributed by atoms with Gasteiger partial charge in [-0.15, -0.1) is 0 Å². The zero-order chi connectivity index (χ0) is 37.5. The first-order valence-corrected chi connectivity index (χ1v) is 19.2. The standard InChI is InChI=1S/C41H36N14O2/c1-3-33(42-7-1)48-30-18-24(52-9-13-56-14-10-52)17-29-35(30)28(21-44-29)36-26-5-6-27-37(26)55-40(50-36)45-22-46-41(55)51-39(27)54-23-47-31-19-25(53-11-15-57-16-12-53)20-32(38(31)54)49-34-4-2-8-43-34/h1-8,17-23,28,42-43,48-49H,9-16H2. The third-order valence-electron chi connectivity index (χ3n) is 11.3. The molecule has 3 aliphatic heterocycles. The van der Waals surface area contributed by atoms with E-state index in [9.17, 15) is 0 Å². The SMILES string of the molecule is C1=Nc2cc(N3CCOCC3)cc(Nc3ccc[nH]3)c2C1c1nc2ncnc3nc(-n4cnc5cc(N6CCOCC6)cc(Nc6ccc[nH]6)c54)c4ccc1c4n23. The molecular formula is C41H36N14O2. The monoisotopic (exact) mass is 756 g/mol. The van der Waals surface area contributed by atoms with E-state index in [0.29, 0.717) is 43.8 Å². The van der Waals surface area contributed by atoms with E-state index in [0.717, 1.165) is 105 Å². The molecule has 16 nitrogen and oxygen atoms in total. The maximum absolute atomic E-state index is 5.67. The van der Waals surface area contributed by atoms with E-state index in [1.807, 2.05) is 53.6 Å². The number of aliphatic imine (C=N–C) groups is 1. The highest BCUT2D eigenvalue weighted by atomic mass is 16.5. The highest BCUT2D eigenvalue weighted by Crippen LogP contribution is 2.47. The first kappa shape index (κ1) is 32.2. The van der Waals surface area contributed by atoms with Gasteiger partial charge in [0.1, 0.15) is 24.3 Å². The second-order valence-electron chi connectivity index (χ2n) is 14.5. The lowest BCUT2D eigenvalue weighted by Gasteiger charge is -2.30. The molecule has 0 saturated carbocycles. The average Bonchev–Trinajstić information content (AvgIpc) is 4.12. The van der Waals surface area contributed by atoms with Crippen LogP contribution in [-0.4, -0.2) is 103 Å². The lowest BCUT2D eigenvalue weighted by molar-refractivity contribution is 0.122. The summed E-state index contributed by atoms with van der Waals surface area (Å²) in [5, 5.41) is 9.19. The Labute approximate surface area is 324 Å². The van der Waals surface area contributed by atoms with Crippen LogP contribution in [0, 0.1) is 0 Å². The van der Waals surface area contributed by atoms with Gasteiger partial charge in [0.2, 0.25) is 11.6 Å². The number of rotatable bonds is 8. The van der Waals surface area contributed by atoms with Crippen molar-refractivity contribution in [1.82, 2.24) is 43.9 Å². The summed E-state index contributed by atoms with van der Waals surface area (Å²) in [6, 6.07) is 21.0. The number of nitrogens with zero attached hydrogens (tertiary/aromatic N) is 10. The van der Waals surface area contributed by atoms with Crippen molar-refractivity contribution in [3.05, 3.63) is 97.0 Å². The molecule has 57 heavy (non-hydrogen) atoms. The van der Waals surface area contributed by atoms with E-state index in [1.54, 1.807) is 0 Å². The Hall–Kier alpha value is -7.04. The van der Waals surface area contributed by atoms with Gasteiger partial charge >= 0.3 is 0 Å². The summed E-state index contributed by atoms with van der Waals surface area (Å²) in [6.07, 6.45) is 9.22. The first-order valence-electron chi connectivity index (χ1n) is 19.2. The lowest BCUT2D eigenvalue weighted by Crippen LogP contribution is -2.36. The fourth-order valence-corrected chi connectivity index (χ4v) is 8.64. The fraction of sp³-hybridized carbons (Fsp3) is 0.220. The average molecular weight is 757 g/mol. The molecule has 1 atom stereocenters. The Kier molecular flexibility index (Phi) is 7.21. The highest BCUT2D eigenvalue weighted by Gasteiger charge is 2.32. The third kappa shape index (κ3) is 5.21. The Morgan fingerprint density at radius 2 is 1.35 bits per heavy atom. The third-order valence-corrected chi connectivity index (χ3v) is 11.3. The van der Waals surface area contributed by atoms with Crippen LogP contribution in [-0.2, 0) is 9.47 Å². The van der Waals surface area contributed by atoms with Gasteiger partial charge in [-0.05, 0) is 54.6 Å². The predicted molar refractivity (Wildman–Crippen MR) is 220 cm³/mol. The summed E-state index contributed by atoms with van der Waals surface area (Å²) in [5.41, 5.74) is 9.56. The minimum Gasteiger partial charge on any atom is -0.378 e. The molecule has 0 amide bonds. The molecule has 1 unspecified atom stereocenters. The fourth-order valence-electron chi connectivity index (χ4n) is 8.64. The Morgan fingerprint density at radius 3 is 2.07 bits per heavy atom. The Morgan fingerprint density at radius 1 is 0.684 bits per heavy atom. The van der Waals surface area contributed by atoms with E-state index in [2.05, 4.69) is 81.3 Å². The van der Waals surface area contributed by atoms with Crippen LogP contribution in [0.4, 0.5) is 40.1 Å². The van der Waals surface area contributed by atoms with Crippen molar-refractivity contribution >= 4 is 85.2 Å². The van der Waals surface area contributed by atoms with Gasteiger partial charge in [0.15, 0.2) is 5.82 Å². The summed E-state index contributed by atoms with van der Waals surface area (Å²) in [5.74, 6) is 3.24. The summed E-state index contributed by atoms with van der Waals surface area (Å²) in [4.78, 5) is 41.1. The molecule has 2 saturated heterocycles. The van der Waals surface area contributed by atoms with E-state index in [4.69, 9.17) is 29.4 Å². The molecule has 16 heteroatoms. The van der Waals surface area contributed by atoms with Crippen molar-refractivity contribution < 1.29 is 9.47 Å². The van der Waals surface area contributed by atoms with Crippen LogP contribution >= 0.6 is 0 Å². The van der Waals surface area contributed by atoms with E-state index in [-0.39, 0.29) is 5.92 Å². The van der Waals surface area contributed by atoms with Gasteiger partial charge in [-0.25, -0.2) is 24.3 Å². The van der Waals surface area contributed by atoms with Crippen molar-refractivity contribution in [1.29, 1.82) is 0 Å². The van der Waals surface area contributed by atoms with Crippen LogP contribution in [0.2, 0.25) is 0 Å². The number of hydrogen-bond donors (Lipinski definition) is 4. The molecule has 3 aromatic carbocycles. The quantitative estimate of drug-likeness (QED) is 0.138. The number of anilines is 6. The molecule has 282 valence electrons. The van der Waals surface area contributed by atoms with Gasteiger partial charge in [0.25, 0.3) is 0 Å². The van der Waals surface area contributed by atoms with Crippen LogP contribution in [0.25, 0.3) is 44.7 Å². The number of morpholine rings is 2. The van der Waals surface area contributed by atoms with Crippen molar-refractivity contribution in [2.45, 2.75) is 5.92 Å². The van der Waals surface area contributed by atoms with Gasteiger partial charge in [-0.2, -0.15) is 4.98 Å². The maximum Gasteiger partial charge on any atom is 0.240 e. The molecule has 9 aromatic rings. The molecule has 4 N–H and O–H groups in total. The van der Waals surface area contributed by atoms with E-state index < -0.39 is 0 Å². The number of imidazole rings is 1. The summed E-state index contributed by atoms with van der Waals surface area (Å²) in [6.45, 7) is 6.05. The summed E-state index contributed by atoms with van der Waals surface area (Å²) >= 11 is 0. The number of ether oxygens (including phenoxy) is 2. The van der Waals surface area contributed by atoms with Gasteiger partial charge in [0, 0.05) is 78.2 Å². The number of H-pyrrole nitrogens is 2. The number of benzene rings is 2. The maximum atomic E-state index is 5.67. The van der Waals surface area contributed by atoms with Crippen molar-refractivity contribution in [2.24, 2.45) is 4.99 Å². The topological polar surface area (TPSA) is 167 Å². The highest BCUT2D eigenvalue weighted by molar-refractivity contribution is 6.07. The van der Waals surface area contributed by atoms with Crippen molar-refractivity contribution in [3.8, 4) is 5.82 Å². The predicted octanol–water partition coefficient (Wildman–Crippen LogP) is 6.27. The molecule has 0 aliphatic carbocycles. The number of hydrogen-bond acceptors (Lipinski definition) is 12. The van der Waals surface area contributed by atoms with E-state index >= 15 is 0 Å². The molecule has 0 spiro atoms. The molecule has 0 radical (unpaired) electrons. The Bertz CT molecular complexity index is 2960.